The fraction of sp³-hybridized carbons (Fsp3) is 0.417. The van der Waals surface area contributed by atoms with Crippen molar-refractivity contribution in [2.45, 2.75) is 39.5 Å². The maximum atomic E-state index is 13.6. The average Bonchev–Trinajstić information content (AvgIpc) is 3.25. The minimum absolute atomic E-state index is 0. The Labute approximate surface area is 207 Å². The number of nitrogens with zero attached hydrogens (tertiary/aromatic N) is 3. The normalized spacial score (nSPS) is 11.6. The number of fused-ring (bicyclic) bond motifs is 1. The minimum atomic E-state index is -3.40. The van der Waals surface area contributed by atoms with E-state index in [0.717, 1.165) is 34.4 Å². The van der Waals surface area contributed by atoms with Gasteiger partial charge in [-0.1, -0.05) is 50.3 Å². The van der Waals surface area contributed by atoms with Crippen LogP contribution in [0.5, 0.6) is 0 Å². The molecule has 6 nitrogen and oxygen atoms in total. The van der Waals surface area contributed by atoms with Crippen LogP contribution >= 0.6 is 23.7 Å². The molecule has 0 atom stereocenters. The number of carbonyl (C=O) groups is 1. The summed E-state index contributed by atoms with van der Waals surface area (Å²) in [6.07, 6.45) is 0. The number of sulfone groups is 1. The van der Waals surface area contributed by atoms with Crippen molar-refractivity contribution in [1.82, 2.24) is 9.88 Å². The predicted molar refractivity (Wildman–Crippen MR) is 140 cm³/mol. The van der Waals surface area contributed by atoms with Gasteiger partial charge in [-0.3, -0.25) is 9.69 Å². The van der Waals surface area contributed by atoms with Crippen LogP contribution in [0.4, 0.5) is 5.13 Å². The van der Waals surface area contributed by atoms with E-state index in [1.807, 2.05) is 19.9 Å². The fourth-order valence-corrected chi connectivity index (χ4v) is 5.64. The van der Waals surface area contributed by atoms with Gasteiger partial charge in [0.05, 0.1) is 20.9 Å². The first-order valence-corrected chi connectivity index (χ1v) is 13.4. The van der Waals surface area contributed by atoms with E-state index in [2.05, 4.69) is 24.8 Å². The van der Waals surface area contributed by atoms with Gasteiger partial charge in [-0.15, -0.1) is 12.4 Å². The number of benzene rings is 2. The Bertz CT molecular complexity index is 1180. The number of hydrogen-bond donors (Lipinski definition) is 0. The molecule has 1 heterocycles. The molecule has 33 heavy (non-hydrogen) atoms. The van der Waals surface area contributed by atoms with E-state index in [1.165, 1.54) is 17.4 Å². The molecule has 0 radical (unpaired) electrons. The molecule has 9 heteroatoms. The van der Waals surface area contributed by atoms with Crippen molar-refractivity contribution < 1.29 is 13.2 Å². The molecule has 180 valence electrons. The molecular weight excluding hydrogens is 478 g/mol. The van der Waals surface area contributed by atoms with Crippen LogP contribution in [-0.4, -0.2) is 56.1 Å². The van der Waals surface area contributed by atoms with Gasteiger partial charge in [-0.05, 0) is 56.3 Å². The number of amides is 1. The first-order valence-electron chi connectivity index (χ1n) is 11.0. The number of likely N-dealkylation sites (N-methyl/N-ethyl adjacent to an activating group) is 1. The topological polar surface area (TPSA) is 70.6 Å². The second kappa shape index (κ2) is 11.4. The van der Waals surface area contributed by atoms with Crippen molar-refractivity contribution in [3.63, 3.8) is 0 Å². The largest absolute Gasteiger partial charge is 0.302 e. The summed E-state index contributed by atoms with van der Waals surface area (Å²) in [5.41, 5.74) is 3.46. The molecule has 0 aliphatic heterocycles. The molecule has 0 unspecified atom stereocenters. The summed E-state index contributed by atoms with van der Waals surface area (Å²) in [7, 11) is -3.40. The molecule has 3 rings (SSSR count). The molecule has 0 saturated heterocycles. The van der Waals surface area contributed by atoms with Gasteiger partial charge in [0, 0.05) is 18.7 Å². The lowest BCUT2D eigenvalue weighted by atomic mass is 10.1. The Hall–Kier alpha value is -2.00. The lowest BCUT2D eigenvalue weighted by Crippen LogP contribution is -2.39. The Morgan fingerprint density at radius 1 is 1.00 bits per heavy atom. The molecule has 2 aromatic carbocycles. The molecule has 0 aliphatic carbocycles. The van der Waals surface area contributed by atoms with Crippen LogP contribution in [-0.2, 0) is 9.84 Å². The van der Waals surface area contributed by atoms with Crippen molar-refractivity contribution in [2.75, 3.05) is 36.8 Å². The molecule has 0 aliphatic rings. The summed E-state index contributed by atoms with van der Waals surface area (Å²) in [6.45, 7) is 12.8. The summed E-state index contributed by atoms with van der Waals surface area (Å²) in [4.78, 5) is 22.6. The molecule has 0 fully saturated rings. The van der Waals surface area contributed by atoms with Gasteiger partial charge in [0.2, 0.25) is 0 Å². The Kier molecular flexibility index (Phi) is 9.43. The van der Waals surface area contributed by atoms with Gasteiger partial charge in [0.15, 0.2) is 15.0 Å². The summed E-state index contributed by atoms with van der Waals surface area (Å²) >= 11 is 1.51. The highest BCUT2D eigenvalue weighted by Gasteiger charge is 2.24. The summed E-state index contributed by atoms with van der Waals surface area (Å²) in [6, 6.07) is 10.4. The average molecular weight is 510 g/mol. The molecule has 0 bridgehead atoms. The molecule has 0 saturated carbocycles. The zero-order chi connectivity index (χ0) is 23.5. The number of hydrogen-bond acceptors (Lipinski definition) is 6. The lowest BCUT2D eigenvalue weighted by molar-refractivity contribution is 0.0983. The minimum Gasteiger partial charge on any atom is -0.302 e. The maximum Gasteiger partial charge on any atom is 0.260 e. The van der Waals surface area contributed by atoms with E-state index in [1.54, 1.807) is 30.0 Å². The molecule has 1 aromatic heterocycles. The smallest absolute Gasteiger partial charge is 0.260 e. The van der Waals surface area contributed by atoms with Crippen molar-refractivity contribution >= 4 is 54.8 Å². The lowest BCUT2D eigenvalue weighted by Gasteiger charge is -2.25. The van der Waals surface area contributed by atoms with Gasteiger partial charge in [0.1, 0.15) is 0 Å². The quantitative estimate of drug-likeness (QED) is 0.400. The molecule has 0 spiro atoms. The van der Waals surface area contributed by atoms with Crippen molar-refractivity contribution in [1.29, 1.82) is 0 Å². The Morgan fingerprint density at radius 2 is 1.67 bits per heavy atom. The van der Waals surface area contributed by atoms with Crippen LogP contribution < -0.4 is 4.90 Å². The summed E-state index contributed by atoms with van der Waals surface area (Å²) in [5.74, 6) is -0.244. The highest BCUT2D eigenvalue weighted by atomic mass is 35.5. The SMILES string of the molecule is CCN(CC)CCN(C(=O)c1cccc(S(=O)(=O)CC)c1)c1nc2c(C)ccc(C)c2s1.Cl. The van der Waals surface area contributed by atoms with Crippen LogP contribution in [0.25, 0.3) is 10.2 Å². The van der Waals surface area contributed by atoms with Gasteiger partial charge >= 0.3 is 0 Å². The van der Waals surface area contributed by atoms with Crippen LogP contribution in [0, 0.1) is 13.8 Å². The van der Waals surface area contributed by atoms with E-state index in [0.29, 0.717) is 23.8 Å². The first kappa shape index (κ1) is 27.2. The van der Waals surface area contributed by atoms with Gasteiger partial charge < -0.3 is 4.90 Å². The number of aromatic nitrogens is 1. The monoisotopic (exact) mass is 509 g/mol. The number of thiazole rings is 1. The van der Waals surface area contributed by atoms with Gasteiger partial charge in [-0.2, -0.15) is 0 Å². The standard InChI is InChI=1S/C24H31N3O3S2.ClH/c1-6-26(7-2)14-15-27(24-25-21-17(4)12-13-18(5)22(21)31-24)23(28)19-10-9-11-20(16-19)32(29,30)8-3;/h9-13,16H,6-8,14-15H2,1-5H3;1H. The highest BCUT2D eigenvalue weighted by molar-refractivity contribution is 7.91. The van der Waals surface area contributed by atoms with Crippen LogP contribution in [0.15, 0.2) is 41.3 Å². The summed E-state index contributed by atoms with van der Waals surface area (Å²) in [5, 5.41) is 0.637. The third-order valence-corrected chi connectivity index (χ3v) is 8.71. The van der Waals surface area contributed by atoms with E-state index < -0.39 is 9.84 Å². The van der Waals surface area contributed by atoms with Crippen molar-refractivity contribution in [2.24, 2.45) is 0 Å². The van der Waals surface area contributed by atoms with Crippen LogP contribution in [0.2, 0.25) is 0 Å². The van der Waals surface area contributed by atoms with Crippen molar-refractivity contribution in [3.8, 4) is 0 Å². The second-order valence-corrected chi connectivity index (χ2v) is 11.0. The first-order chi connectivity index (χ1) is 15.2. The van der Waals surface area contributed by atoms with E-state index in [9.17, 15) is 13.2 Å². The number of carbonyl (C=O) groups excluding carboxylic acids is 1. The second-order valence-electron chi connectivity index (χ2n) is 7.79. The molecule has 1 amide bonds. The fourth-order valence-electron chi connectivity index (χ4n) is 3.57. The summed E-state index contributed by atoms with van der Waals surface area (Å²) < 4.78 is 25.8. The predicted octanol–water partition coefficient (Wildman–Crippen LogP) is 5.12. The number of anilines is 1. The highest BCUT2D eigenvalue weighted by Crippen LogP contribution is 2.33. The third-order valence-electron chi connectivity index (χ3n) is 5.76. The number of halogens is 1. The van der Waals surface area contributed by atoms with Crippen molar-refractivity contribution in [3.05, 3.63) is 53.1 Å². The zero-order valence-electron chi connectivity index (χ0n) is 19.8. The van der Waals surface area contributed by atoms with Gasteiger partial charge in [0.25, 0.3) is 5.91 Å². The van der Waals surface area contributed by atoms with E-state index >= 15 is 0 Å². The maximum absolute atomic E-state index is 13.6. The van der Waals surface area contributed by atoms with Gasteiger partial charge in [-0.25, -0.2) is 13.4 Å². The third kappa shape index (κ3) is 5.93. The zero-order valence-corrected chi connectivity index (χ0v) is 22.2. The number of rotatable bonds is 9. The Balaban J connectivity index is 0.00000385. The molecular formula is C24H32ClN3O3S2. The molecule has 0 N–H and O–H groups in total. The van der Waals surface area contributed by atoms with Crippen LogP contribution in [0.1, 0.15) is 42.3 Å². The van der Waals surface area contributed by atoms with E-state index in [-0.39, 0.29) is 29.0 Å². The Morgan fingerprint density at radius 3 is 2.27 bits per heavy atom. The number of aryl methyl sites for hydroxylation is 2. The molecule has 3 aromatic rings. The van der Waals surface area contributed by atoms with E-state index in [4.69, 9.17) is 4.98 Å². The van der Waals surface area contributed by atoms with Crippen LogP contribution in [0.3, 0.4) is 0 Å².